The number of anilines is 1. The number of methoxy groups -OCH3 is 1. The molecule has 1 heterocycles. The molecule has 1 aliphatic heterocycles. The third-order valence-electron chi connectivity index (χ3n) is 4.79. The van der Waals surface area contributed by atoms with Gasteiger partial charge in [0.25, 0.3) is 0 Å². The van der Waals surface area contributed by atoms with Gasteiger partial charge in [-0.2, -0.15) is 0 Å². The van der Waals surface area contributed by atoms with Crippen LogP contribution in [0.25, 0.3) is 0 Å². The third kappa shape index (κ3) is 4.95. The van der Waals surface area contributed by atoms with Crippen molar-refractivity contribution in [1.82, 2.24) is 5.32 Å². The van der Waals surface area contributed by atoms with E-state index in [2.05, 4.69) is 12.2 Å². The van der Waals surface area contributed by atoms with Crippen molar-refractivity contribution in [3.05, 3.63) is 24.3 Å². The number of carbonyl (C=O) groups excluding carboxylic acids is 1. The predicted molar refractivity (Wildman–Crippen MR) is 96.7 cm³/mol. The Hall–Kier alpha value is -1.59. The lowest BCUT2D eigenvalue weighted by Crippen LogP contribution is -2.46. The second-order valence-electron chi connectivity index (χ2n) is 6.46. The van der Waals surface area contributed by atoms with E-state index in [4.69, 9.17) is 9.47 Å². The molecular formula is C19H30N2O3. The molecule has 1 fully saturated rings. The summed E-state index contributed by atoms with van der Waals surface area (Å²) >= 11 is 0. The Labute approximate surface area is 145 Å². The minimum Gasteiger partial charge on any atom is -0.494 e. The van der Waals surface area contributed by atoms with Crippen LogP contribution in [0.2, 0.25) is 0 Å². The highest BCUT2D eigenvalue weighted by Gasteiger charge is 2.35. The molecule has 1 aliphatic rings. The topological polar surface area (TPSA) is 50.8 Å². The van der Waals surface area contributed by atoms with Crippen LogP contribution in [-0.4, -0.2) is 45.4 Å². The van der Waals surface area contributed by atoms with E-state index in [1.54, 1.807) is 12.0 Å². The number of rotatable bonds is 8. The van der Waals surface area contributed by atoms with Crippen LogP contribution in [0.3, 0.4) is 0 Å². The molecule has 24 heavy (non-hydrogen) atoms. The van der Waals surface area contributed by atoms with E-state index in [9.17, 15) is 4.79 Å². The van der Waals surface area contributed by atoms with Gasteiger partial charge in [-0.15, -0.1) is 0 Å². The first-order valence-electron chi connectivity index (χ1n) is 8.85. The molecule has 0 atom stereocenters. The number of piperidine rings is 1. The zero-order chi connectivity index (χ0) is 17.4. The number of unbranched alkanes of at least 4 members (excludes halogenated alkanes) is 1. The Morgan fingerprint density at radius 1 is 1.25 bits per heavy atom. The largest absolute Gasteiger partial charge is 0.494 e. The molecule has 134 valence electrons. The average Bonchev–Trinajstić information content (AvgIpc) is 2.62. The summed E-state index contributed by atoms with van der Waals surface area (Å²) in [6.45, 7) is 4.67. The van der Waals surface area contributed by atoms with Crippen molar-refractivity contribution in [2.24, 2.45) is 0 Å². The Bertz CT molecular complexity index is 510. The fourth-order valence-electron chi connectivity index (χ4n) is 2.97. The molecule has 0 aliphatic carbocycles. The van der Waals surface area contributed by atoms with Gasteiger partial charge >= 0.3 is 0 Å². The lowest BCUT2D eigenvalue weighted by molar-refractivity contribution is -0.126. The Balaban J connectivity index is 1.94. The molecule has 1 saturated heterocycles. The molecule has 0 saturated carbocycles. The molecular weight excluding hydrogens is 304 g/mol. The SMILES string of the molecule is CCCCOc1ccc(N(C)C(=O)CC2(OC)CCNCC2)cc1. The molecule has 5 heteroatoms. The molecule has 0 spiro atoms. The van der Waals surface area contributed by atoms with E-state index >= 15 is 0 Å². The van der Waals surface area contributed by atoms with Crippen molar-refractivity contribution in [3.63, 3.8) is 0 Å². The number of hydrogen-bond acceptors (Lipinski definition) is 4. The predicted octanol–water partition coefficient (Wildman–Crippen LogP) is 2.99. The van der Waals surface area contributed by atoms with Gasteiger partial charge in [0.1, 0.15) is 5.75 Å². The molecule has 1 N–H and O–H groups in total. The maximum absolute atomic E-state index is 12.7. The van der Waals surface area contributed by atoms with Crippen LogP contribution < -0.4 is 15.0 Å². The first kappa shape index (κ1) is 18.7. The van der Waals surface area contributed by atoms with Crippen molar-refractivity contribution in [3.8, 4) is 5.75 Å². The lowest BCUT2D eigenvalue weighted by Gasteiger charge is -2.36. The minimum atomic E-state index is -0.334. The van der Waals surface area contributed by atoms with Gasteiger partial charge in [0.05, 0.1) is 18.6 Å². The van der Waals surface area contributed by atoms with Crippen molar-refractivity contribution in [2.75, 3.05) is 38.8 Å². The number of benzene rings is 1. The first-order valence-corrected chi connectivity index (χ1v) is 8.85. The zero-order valence-electron chi connectivity index (χ0n) is 15.1. The number of carbonyl (C=O) groups is 1. The second-order valence-corrected chi connectivity index (χ2v) is 6.46. The van der Waals surface area contributed by atoms with Gasteiger partial charge in [-0.05, 0) is 56.6 Å². The maximum Gasteiger partial charge on any atom is 0.229 e. The van der Waals surface area contributed by atoms with E-state index < -0.39 is 0 Å². The summed E-state index contributed by atoms with van der Waals surface area (Å²) in [5.41, 5.74) is 0.544. The van der Waals surface area contributed by atoms with Gasteiger partial charge in [0.2, 0.25) is 5.91 Å². The monoisotopic (exact) mass is 334 g/mol. The summed E-state index contributed by atoms with van der Waals surface area (Å²) in [6.07, 6.45) is 4.32. The molecule has 1 aromatic carbocycles. The Morgan fingerprint density at radius 2 is 1.92 bits per heavy atom. The fraction of sp³-hybridized carbons (Fsp3) is 0.632. The van der Waals surface area contributed by atoms with Gasteiger partial charge in [-0.3, -0.25) is 4.79 Å². The van der Waals surface area contributed by atoms with Gasteiger partial charge in [-0.25, -0.2) is 0 Å². The van der Waals surface area contributed by atoms with Crippen molar-refractivity contribution in [2.45, 2.75) is 44.6 Å². The van der Waals surface area contributed by atoms with Crippen LogP contribution in [0.5, 0.6) is 5.75 Å². The van der Waals surface area contributed by atoms with E-state index in [1.165, 1.54) is 0 Å². The van der Waals surface area contributed by atoms with E-state index in [-0.39, 0.29) is 11.5 Å². The Morgan fingerprint density at radius 3 is 2.50 bits per heavy atom. The van der Waals surface area contributed by atoms with Gasteiger partial charge in [0.15, 0.2) is 0 Å². The molecule has 2 rings (SSSR count). The highest BCUT2D eigenvalue weighted by Crippen LogP contribution is 2.28. The van der Waals surface area contributed by atoms with E-state index in [0.717, 1.165) is 56.8 Å². The maximum atomic E-state index is 12.7. The first-order chi connectivity index (χ1) is 11.6. The average molecular weight is 334 g/mol. The normalized spacial score (nSPS) is 16.6. The molecule has 0 bridgehead atoms. The molecule has 0 radical (unpaired) electrons. The van der Waals surface area contributed by atoms with Crippen LogP contribution in [0, 0.1) is 0 Å². The van der Waals surface area contributed by atoms with Crippen molar-refractivity contribution in [1.29, 1.82) is 0 Å². The van der Waals surface area contributed by atoms with Crippen LogP contribution in [-0.2, 0) is 9.53 Å². The number of hydrogen-bond donors (Lipinski definition) is 1. The molecule has 5 nitrogen and oxygen atoms in total. The summed E-state index contributed by atoms with van der Waals surface area (Å²) in [6, 6.07) is 7.71. The number of ether oxygens (including phenoxy) is 2. The van der Waals surface area contributed by atoms with Crippen LogP contribution in [0.1, 0.15) is 39.0 Å². The summed E-state index contributed by atoms with van der Waals surface area (Å²) in [5, 5.41) is 3.32. The lowest BCUT2D eigenvalue weighted by atomic mass is 9.88. The van der Waals surface area contributed by atoms with E-state index in [0.29, 0.717) is 6.42 Å². The van der Waals surface area contributed by atoms with E-state index in [1.807, 2.05) is 31.3 Å². The third-order valence-corrected chi connectivity index (χ3v) is 4.79. The second kappa shape index (κ2) is 9.04. The van der Waals surface area contributed by atoms with Gasteiger partial charge in [0, 0.05) is 19.8 Å². The summed E-state index contributed by atoms with van der Waals surface area (Å²) in [7, 11) is 3.53. The molecule has 1 amide bonds. The van der Waals surface area contributed by atoms with Gasteiger partial charge in [-0.1, -0.05) is 13.3 Å². The number of amides is 1. The summed E-state index contributed by atoms with van der Waals surface area (Å²) in [5.74, 6) is 0.929. The minimum absolute atomic E-state index is 0.0819. The number of nitrogens with one attached hydrogen (secondary N) is 1. The summed E-state index contributed by atoms with van der Waals surface area (Å²) < 4.78 is 11.4. The van der Waals surface area contributed by atoms with Crippen molar-refractivity contribution >= 4 is 11.6 Å². The molecule has 0 unspecified atom stereocenters. The number of nitrogens with zero attached hydrogens (tertiary/aromatic N) is 1. The van der Waals surface area contributed by atoms with Crippen molar-refractivity contribution < 1.29 is 14.3 Å². The fourth-order valence-corrected chi connectivity index (χ4v) is 2.97. The highest BCUT2D eigenvalue weighted by atomic mass is 16.5. The summed E-state index contributed by atoms with van der Waals surface area (Å²) in [4.78, 5) is 14.4. The highest BCUT2D eigenvalue weighted by molar-refractivity contribution is 5.93. The quantitative estimate of drug-likeness (QED) is 0.743. The smallest absolute Gasteiger partial charge is 0.229 e. The van der Waals surface area contributed by atoms with Crippen LogP contribution in [0.4, 0.5) is 5.69 Å². The zero-order valence-corrected chi connectivity index (χ0v) is 15.1. The van der Waals surface area contributed by atoms with Crippen LogP contribution >= 0.6 is 0 Å². The molecule has 1 aromatic rings. The van der Waals surface area contributed by atoms with Crippen LogP contribution in [0.15, 0.2) is 24.3 Å². The Kier molecular flexibility index (Phi) is 7.06. The standard InChI is InChI=1S/C19H30N2O3/c1-4-5-14-24-17-8-6-16(7-9-17)21(2)18(22)15-19(23-3)10-12-20-13-11-19/h6-9,20H,4-5,10-15H2,1-3H3. The molecule has 0 aromatic heterocycles. The van der Waals surface area contributed by atoms with Gasteiger partial charge < -0.3 is 19.7 Å².